The van der Waals surface area contributed by atoms with Crippen molar-refractivity contribution in [2.45, 2.75) is 26.8 Å². The Morgan fingerprint density at radius 2 is 1.81 bits per heavy atom. The van der Waals surface area contributed by atoms with Crippen LogP contribution in [0.4, 0.5) is 5.69 Å². The Morgan fingerprint density at radius 3 is 2.50 bits per heavy atom. The standard InChI is InChI=1S/C20H23N5O/c1-15-8-10-17(11-9-15)14-22-20(24-18-6-4-3-5-7-18)21-13-12-19-23-16(2)25-26-19/h3-11H,12-14H2,1-2H3,(H2,21,22,24). The minimum Gasteiger partial charge on any atom is -0.356 e. The van der Waals surface area contributed by atoms with Gasteiger partial charge in [0.1, 0.15) is 0 Å². The first-order valence-electron chi connectivity index (χ1n) is 8.64. The first-order chi connectivity index (χ1) is 12.7. The van der Waals surface area contributed by atoms with Crippen molar-refractivity contribution in [1.82, 2.24) is 15.5 Å². The second-order valence-corrected chi connectivity index (χ2v) is 6.05. The summed E-state index contributed by atoms with van der Waals surface area (Å²) < 4.78 is 5.14. The van der Waals surface area contributed by atoms with E-state index >= 15 is 0 Å². The number of benzene rings is 2. The maximum Gasteiger partial charge on any atom is 0.228 e. The average molecular weight is 349 g/mol. The van der Waals surface area contributed by atoms with Gasteiger partial charge in [-0.05, 0) is 31.5 Å². The molecule has 0 radical (unpaired) electrons. The second-order valence-electron chi connectivity index (χ2n) is 6.05. The summed E-state index contributed by atoms with van der Waals surface area (Å²) in [5, 5.41) is 10.4. The number of hydrogen-bond acceptors (Lipinski definition) is 4. The highest BCUT2D eigenvalue weighted by Gasteiger charge is 2.04. The summed E-state index contributed by atoms with van der Waals surface area (Å²) in [7, 11) is 0. The number of guanidine groups is 1. The molecule has 0 aliphatic heterocycles. The van der Waals surface area contributed by atoms with Crippen LogP contribution in [0, 0.1) is 13.8 Å². The highest BCUT2D eigenvalue weighted by Crippen LogP contribution is 2.07. The van der Waals surface area contributed by atoms with Crippen LogP contribution in [-0.4, -0.2) is 22.6 Å². The highest BCUT2D eigenvalue weighted by molar-refractivity contribution is 5.93. The van der Waals surface area contributed by atoms with Crippen LogP contribution in [0.3, 0.4) is 0 Å². The van der Waals surface area contributed by atoms with E-state index in [1.807, 2.05) is 37.3 Å². The minimum atomic E-state index is 0.599. The van der Waals surface area contributed by atoms with E-state index in [4.69, 9.17) is 4.52 Å². The zero-order valence-corrected chi connectivity index (χ0v) is 15.1. The van der Waals surface area contributed by atoms with Gasteiger partial charge in [-0.1, -0.05) is 53.2 Å². The quantitative estimate of drug-likeness (QED) is 0.526. The molecule has 0 amide bonds. The molecule has 134 valence electrons. The van der Waals surface area contributed by atoms with Gasteiger partial charge in [-0.25, -0.2) is 4.99 Å². The van der Waals surface area contributed by atoms with E-state index in [-0.39, 0.29) is 0 Å². The molecule has 0 unspecified atom stereocenters. The molecule has 3 aromatic rings. The lowest BCUT2D eigenvalue weighted by Gasteiger charge is -2.12. The SMILES string of the molecule is Cc1ccc(CN=C(NCCc2nc(C)no2)Nc2ccccc2)cc1. The van der Waals surface area contributed by atoms with Gasteiger partial charge < -0.3 is 15.2 Å². The number of aryl methyl sites for hydroxylation is 2. The van der Waals surface area contributed by atoms with Crippen LogP contribution in [0.15, 0.2) is 64.1 Å². The van der Waals surface area contributed by atoms with E-state index in [0.29, 0.717) is 37.2 Å². The average Bonchev–Trinajstić information content (AvgIpc) is 3.07. The molecule has 3 rings (SSSR count). The molecule has 0 saturated heterocycles. The second kappa shape index (κ2) is 8.80. The molecule has 0 spiro atoms. The van der Waals surface area contributed by atoms with Gasteiger partial charge in [0.25, 0.3) is 0 Å². The van der Waals surface area contributed by atoms with E-state index in [0.717, 1.165) is 11.3 Å². The molecule has 2 N–H and O–H groups in total. The number of nitrogens with zero attached hydrogens (tertiary/aromatic N) is 3. The third kappa shape index (κ3) is 5.44. The summed E-state index contributed by atoms with van der Waals surface area (Å²) in [6.45, 7) is 5.14. The van der Waals surface area contributed by atoms with Crippen molar-refractivity contribution in [3.8, 4) is 0 Å². The van der Waals surface area contributed by atoms with Crippen LogP contribution in [0.25, 0.3) is 0 Å². The van der Waals surface area contributed by atoms with Gasteiger partial charge in [-0.2, -0.15) is 4.98 Å². The highest BCUT2D eigenvalue weighted by atomic mass is 16.5. The van der Waals surface area contributed by atoms with Gasteiger partial charge >= 0.3 is 0 Å². The fourth-order valence-corrected chi connectivity index (χ4v) is 2.39. The summed E-state index contributed by atoms with van der Waals surface area (Å²) in [5.41, 5.74) is 3.39. The van der Waals surface area contributed by atoms with Crippen molar-refractivity contribution < 1.29 is 4.52 Å². The third-order valence-corrected chi connectivity index (χ3v) is 3.78. The molecule has 1 aromatic heterocycles. The molecular formula is C20H23N5O. The zero-order valence-electron chi connectivity index (χ0n) is 15.1. The Morgan fingerprint density at radius 1 is 1.04 bits per heavy atom. The molecular weight excluding hydrogens is 326 g/mol. The third-order valence-electron chi connectivity index (χ3n) is 3.78. The molecule has 2 aromatic carbocycles. The van der Waals surface area contributed by atoms with Crippen LogP contribution in [-0.2, 0) is 13.0 Å². The van der Waals surface area contributed by atoms with E-state index in [2.05, 4.69) is 57.0 Å². The topological polar surface area (TPSA) is 75.3 Å². The molecule has 0 aliphatic carbocycles. The van der Waals surface area contributed by atoms with Gasteiger partial charge in [0.15, 0.2) is 11.8 Å². The number of aliphatic imine (C=N–C) groups is 1. The zero-order chi connectivity index (χ0) is 18.2. The van der Waals surface area contributed by atoms with Crippen molar-refractivity contribution in [3.63, 3.8) is 0 Å². The molecule has 6 heteroatoms. The van der Waals surface area contributed by atoms with Gasteiger partial charge in [0, 0.05) is 18.7 Å². The lowest BCUT2D eigenvalue weighted by Crippen LogP contribution is -2.32. The van der Waals surface area contributed by atoms with Crippen molar-refractivity contribution in [2.75, 3.05) is 11.9 Å². The normalized spacial score (nSPS) is 11.4. The number of rotatable bonds is 6. The van der Waals surface area contributed by atoms with Crippen molar-refractivity contribution in [2.24, 2.45) is 4.99 Å². The van der Waals surface area contributed by atoms with Crippen LogP contribution in [0.5, 0.6) is 0 Å². The Labute approximate surface area is 153 Å². The molecule has 6 nitrogen and oxygen atoms in total. The number of nitrogens with one attached hydrogen (secondary N) is 2. The van der Waals surface area contributed by atoms with E-state index in [9.17, 15) is 0 Å². The lowest BCUT2D eigenvalue weighted by molar-refractivity contribution is 0.374. The number of aromatic nitrogens is 2. The van der Waals surface area contributed by atoms with Crippen LogP contribution in [0.2, 0.25) is 0 Å². The molecule has 0 fully saturated rings. The van der Waals surface area contributed by atoms with E-state index in [1.54, 1.807) is 0 Å². The monoisotopic (exact) mass is 349 g/mol. The van der Waals surface area contributed by atoms with Gasteiger partial charge in [0.2, 0.25) is 5.89 Å². The largest absolute Gasteiger partial charge is 0.356 e. The number of para-hydroxylation sites is 1. The Balaban J connectivity index is 1.64. The molecule has 0 atom stereocenters. The summed E-state index contributed by atoms with van der Waals surface area (Å²) in [5.74, 6) is 1.98. The summed E-state index contributed by atoms with van der Waals surface area (Å²) in [4.78, 5) is 8.90. The van der Waals surface area contributed by atoms with E-state index < -0.39 is 0 Å². The summed E-state index contributed by atoms with van der Waals surface area (Å²) in [6, 6.07) is 18.4. The maximum absolute atomic E-state index is 5.14. The van der Waals surface area contributed by atoms with Gasteiger partial charge in [-0.15, -0.1) is 0 Å². The Kier molecular flexibility index (Phi) is 5.98. The van der Waals surface area contributed by atoms with Crippen LogP contribution >= 0.6 is 0 Å². The predicted octanol–water partition coefficient (Wildman–Crippen LogP) is 3.49. The maximum atomic E-state index is 5.14. The Hall–Kier alpha value is -3.15. The number of anilines is 1. The van der Waals surface area contributed by atoms with Crippen LogP contribution in [0.1, 0.15) is 22.8 Å². The van der Waals surface area contributed by atoms with Crippen molar-refractivity contribution in [1.29, 1.82) is 0 Å². The smallest absolute Gasteiger partial charge is 0.228 e. The summed E-state index contributed by atoms with van der Waals surface area (Å²) in [6.07, 6.45) is 0.640. The molecule has 1 heterocycles. The molecule has 26 heavy (non-hydrogen) atoms. The van der Waals surface area contributed by atoms with Gasteiger partial charge in [-0.3, -0.25) is 0 Å². The lowest BCUT2D eigenvalue weighted by atomic mass is 10.1. The first kappa shape index (κ1) is 17.7. The van der Waals surface area contributed by atoms with Gasteiger partial charge in [0.05, 0.1) is 6.54 Å². The Bertz CT molecular complexity index is 840. The van der Waals surface area contributed by atoms with E-state index in [1.165, 1.54) is 5.56 Å². The molecule has 0 aliphatic rings. The van der Waals surface area contributed by atoms with Crippen molar-refractivity contribution in [3.05, 3.63) is 77.4 Å². The summed E-state index contributed by atoms with van der Waals surface area (Å²) >= 11 is 0. The molecule has 0 bridgehead atoms. The van der Waals surface area contributed by atoms with Crippen molar-refractivity contribution >= 4 is 11.6 Å². The fraction of sp³-hybridized carbons (Fsp3) is 0.250. The van der Waals surface area contributed by atoms with Crippen LogP contribution < -0.4 is 10.6 Å². The first-order valence-corrected chi connectivity index (χ1v) is 8.64. The minimum absolute atomic E-state index is 0.599. The number of hydrogen-bond donors (Lipinski definition) is 2. The fourth-order valence-electron chi connectivity index (χ4n) is 2.39. The molecule has 0 saturated carbocycles. The predicted molar refractivity (Wildman–Crippen MR) is 103 cm³/mol.